The summed E-state index contributed by atoms with van der Waals surface area (Å²) in [5, 5.41) is 0. The zero-order valence-corrected chi connectivity index (χ0v) is 10.5. The minimum Gasteiger partial charge on any atom is -0.487 e. The van der Waals surface area contributed by atoms with Gasteiger partial charge in [0.1, 0.15) is 4.99 Å². The maximum atomic E-state index is 13.6. The molecule has 1 atom stereocenters. The molecule has 0 amide bonds. The van der Waals surface area contributed by atoms with Crippen molar-refractivity contribution in [2.24, 2.45) is 11.7 Å². The summed E-state index contributed by atoms with van der Waals surface area (Å²) in [4.78, 5) is 0.183. The summed E-state index contributed by atoms with van der Waals surface area (Å²) < 4.78 is 19.1. The molecule has 1 rings (SSSR count). The van der Waals surface area contributed by atoms with Gasteiger partial charge in [0, 0.05) is 5.56 Å². The fourth-order valence-corrected chi connectivity index (χ4v) is 1.21. The second-order valence-corrected chi connectivity index (χ2v) is 4.52. The molecule has 0 aliphatic rings. The van der Waals surface area contributed by atoms with Crippen molar-refractivity contribution < 1.29 is 9.13 Å². The van der Waals surface area contributed by atoms with E-state index in [2.05, 4.69) is 0 Å². The molecule has 0 heterocycles. The first kappa shape index (κ1) is 12.9. The van der Waals surface area contributed by atoms with Gasteiger partial charge in [0.15, 0.2) is 11.6 Å². The van der Waals surface area contributed by atoms with Gasteiger partial charge in [0.25, 0.3) is 0 Å². The third-order valence-electron chi connectivity index (χ3n) is 2.47. The Bertz CT molecular complexity index is 393. The molecule has 0 aromatic heterocycles. The lowest BCUT2D eigenvalue weighted by molar-refractivity contribution is 0.163. The zero-order chi connectivity index (χ0) is 12.3. The van der Waals surface area contributed by atoms with E-state index in [0.717, 1.165) is 0 Å². The smallest absolute Gasteiger partial charge is 0.165 e. The average molecular weight is 241 g/mol. The summed E-state index contributed by atoms with van der Waals surface area (Å²) in [7, 11) is 0. The van der Waals surface area contributed by atoms with Crippen LogP contribution in [0.2, 0.25) is 0 Å². The molecule has 0 fully saturated rings. The van der Waals surface area contributed by atoms with Crippen molar-refractivity contribution in [2.75, 3.05) is 0 Å². The van der Waals surface area contributed by atoms with Gasteiger partial charge in [-0.05, 0) is 31.0 Å². The molecule has 0 aliphatic carbocycles. The van der Waals surface area contributed by atoms with Gasteiger partial charge >= 0.3 is 0 Å². The third kappa shape index (κ3) is 3.17. The Kier molecular flexibility index (Phi) is 4.24. The SMILES string of the molecule is CC(C)C(C)Oc1ccc(C(N)=S)cc1F. The molecule has 2 N–H and O–H groups in total. The fraction of sp³-hybridized carbons (Fsp3) is 0.417. The average Bonchev–Trinajstić information content (AvgIpc) is 2.20. The standard InChI is InChI=1S/C12H16FNOS/c1-7(2)8(3)15-11-5-4-9(12(14)16)6-10(11)13/h4-8H,1-3H3,(H2,14,16). The van der Waals surface area contributed by atoms with Crippen LogP contribution in [0.4, 0.5) is 4.39 Å². The Morgan fingerprint density at radius 2 is 2.00 bits per heavy atom. The molecule has 16 heavy (non-hydrogen) atoms. The van der Waals surface area contributed by atoms with Crippen LogP contribution < -0.4 is 10.5 Å². The van der Waals surface area contributed by atoms with Crippen molar-refractivity contribution >= 4 is 17.2 Å². The number of thiocarbonyl (C=S) groups is 1. The summed E-state index contributed by atoms with van der Waals surface area (Å²) in [5.74, 6) is 0.133. The minimum atomic E-state index is -0.433. The lowest BCUT2D eigenvalue weighted by atomic mass is 10.1. The van der Waals surface area contributed by atoms with Gasteiger partial charge in [-0.2, -0.15) is 0 Å². The topological polar surface area (TPSA) is 35.2 Å². The summed E-state index contributed by atoms with van der Waals surface area (Å²) >= 11 is 4.76. The van der Waals surface area contributed by atoms with Gasteiger partial charge < -0.3 is 10.5 Å². The summed E-state index contributed by atoms with van der Waals surface area (Å²) in [6.07, 6.45) is -0.0369. The molecule has 0 spiro atoms. The Morgan fingerprint density at radius 3 is 2.44 bits per heavy atom. The van der Waals surface area contributed by atoms with E-state index >= 15 is 0 Å². The predicted molar refractivity (Wildman–Crippen MR) is 67.2 cm³/mol. The second kappa shape index (κ2) is 5.25. The van der Waals surface area contributed by atoms with Gasteiger partial charge in [-0.25, -0.2) is 4.39 Å². The van der Waals surface area contributed by atoms with E-state index in [1.807, 2.05) is 20.8 Å². The number of hydrogen-bond acceptors (Lipinski definition) is 2. The maximum absolute atomic E-state index is 13.6. The quantitative estimate of drug-likeness (QED) is 0.823. The maximum Gasteiger partial charge on any atom is 0.165 e. The fourth-order valence-electron chi connectivity index (χ4n) is 1.09. The van der Waals surface area contributed by atoms with Crippen LogP contribution in [0, 0.1) is 11.7 Å². The molecule has 88 valence electrons. The molecule has 1 aromatic rings. The second-order valence-electron chi connectivity index (χ2n) is 4.08. The molecule has 0 aliphatic heterocycles. The normalized spacial score (nSPS) is 12.6. The highest BCUT2D eigenvalue weighted by Crippen LogP contribution is 2.21. The monoisotopic (exact) mass is 241 g/mol. The highest BCUT2D eigenvalue weighted by molar-refractivity contribution is 7.80. The number of nitrogens with two attached hydrogens (primary N) is 1. The summed E-state index contributed by atoms with van der Waals surface area (Å²) in [6.45, 7) is 5.95. The molecule has 1 unspecified atom stereocenters. The van der Waals surface area contributed by atoms with Crippen LogP contribution in [-0.4, -0.2) is 11.1 Å². The summed E-state index contributed by atoms with van der Waals surface area (Å²) in [5.41, 5.74) is 5.92. The van der Waals surface area contributed by atoms with Crippen LogP contribution in [0.1, 0.15) is 26.3 Å². The molecule has 4 heteroatoms. The van der Waals surface area contributed by atoms with Crippen molar-refractivity contribution in [1.29, 1.82) is 0 Å². The van der Waals surface area contributed by atoms with Crippen molar-refractivity contribution in [3.8, 4) is 5.75 Å². The van der Waals surface area contributed by atoms with Gasteiger partial charge in [-0.3, -0.25) is 0 Å². The van der Waals surface area contributed by atoms with Crippen LogP contribution in [0.15, 0.2) is 18.2 Å². The van der Waals surface area contributed by atoms with Crippen molar-refractivity contribution in [3.63, 3.8) is 0 Å². The highest BCUT2D eigenvalue weighted by atomic mass is 32.1. The molecule has 0 saturated carbocycles. The van der Waals surface area contributed by atoms with E-state index < -0.39 is 5.82 Å². The minimum absolute atomic E-state index is 0.0369. The molecule has 2 nitrogen and oxygen atoms in total. The lowest BCUT2D eigenvalue weighted by Crippen LogP contribution is -2.19. The molecular weight excluding hydrogens is 225 g/mol. The molecular formula is C12H16FNOS. The third-order valence-corrected chi connectivity index (χ3v) is 2.70. The summed E-state index contributed by atoms with van der Waals surface area (Å²) in [6, 6.07) is 4.52. The Labute approximate surface area is 101 Å². The van der Waals surface area contributed by atoms with E-state index in [4.69, 9.17) is 22.7 Å². The van der Waals surface area contributed by atoms with E-state index in [1.165, 1.54) is 6.07 Å². The Balaban J connectivity index is 2.87. The van der Waals surface area contributed by atoms with Crippen LogP contribution in [0.5, 0.6) is 5.75 Å². The van der Waals surface area contributed by atoms with Crippen LogP contribution >= 0.6 is 12.2 Å². The molecule has 1 aromatic carbocycles. The van der Waals surface area contributed by atoms with Crippen molar-refractivity contribution in [1.82, 2.24) is 0 Å². The lowest BCUT2D eigenvalue weighted by Gasteiger charge is -2.18. The molecule has 0 saturated heterocycles. The Hall–Kier alpha value is -1.16. The van der Waals surface area contributed by atoms with Crippen molar-refractivity contribution in [3.05, 3.63) is 29.6 Å². The van der Waals surface area contributed by atoms with E-state index in [0.29, 0.717) is 11.5 Å². The molecule has 0 bridgehead atoms. The number of benzene rings is 1. The number of rotatable bonds is 4. The number of hydrogen-bond donors (Lipinski definition) is 1. The van der Waals surface area contributed by atoms with Crippen molar-refractivity contribution in [2.45, 2.75) is 26.9 Å². The van der Waals surface area contributed by atoms with Crippen LogP contribution in [0.25, 0.3) is 0 Å². The largest absolute Gasteiger partial charge is 0.487 e. The van der Waals surface area contributed by atoms with E-state index in [1.54, 1.807) is 12.1 Å². The first-order chi connectivity index (χ1) is 7.41. The first-order valence-corrected chi connectivity index (χ1v) is 5.58. The van der Waals surface area contributed by atoms with Gasteiger partial charge in [-0.15, -0.1) is 0 Å². The highest BCUT2D eigenvalue weighted by Gasteiger charge is 2.12. The van der Waals surface area contributed by atoms with Gasteiger partial charge in [0.2, 0.25) is 0 Å². The van der Waals surface area contributed by atoms with Gasteiger partial charge in [-0.1, -0.05) is 26.1 Å². The molecule has 0 radical (unpaired) electrons. The predicted octanol–water partition coefficient (Wildman–Crippen LogP) is 2.88. The van der Waals surface area contributed by atoms with E-state index in [-0.39, 0.29) is 16.8 Å². The first-order valence-electron chi connectivity index (χ1n) is 5.18. The number of halogens is 1. The number of ether oxygens (including phenoxy) is 1. The van der Waals surface area contributed by atoms with E-state index in [9.17, 15) is 4.39 Å². The Morgan fingerprint density at radius 1 is 1.38 bits per heavy atom. The van der Waals surface area contributed by atoms with Crippen LogP contribution in [0.3, 0.4) is 0 Å². The van der Waals surface area contributed by atoms with Gasteiger partial charge in [0.05, 0.1) is 6.10 Å². The zero-order valence-electron chi connectivity index (χ0n) is 9.66. The van der Waals surface area contributed by atoms with Crippen LogP contribution in [-0.2, 0) is 0 Å².